The molecule has 5 rings (SSSR count). The number of carboxylic acid groups (broad SMARTS) is 1. The number of amides is 8. The number of nitrogens with one attached hydrogen (secondary N) is 6. The van der Waals surface area contributed by atoms with E-state index in [2.05, 4.69) is 31.9 Å². The van der Waals surface area contributed by atoms with Gasteiger partial charge in [0, 0.05) is 74.8 Å². The quantitative estimate of drug-likeness (QED) is 0.0128. The van der Waals surface area contributed by atoms with Gasteiger partial charge in [0.05, 0.1) is 169 Å². The first-order valence-corrected chi connectivity index (χ1v) is 37.6. The number of ketones is 2. The molecule has 1 heterocycles. The van der Waals surface area contributed by atoms with E-state index in [9.17, 15) is 67.7 Å². The van der Waals surface area contributed by atoms with E-state index in [1.54, 1.807) is 26.2 Å². The number of esters is 1. The van der Waals surface area contributed by atoms with E-state index in [-0.39, 0.29) is 76.2 Å². The van der Waals surface area contributed by atoms with Crippen LogP contribution in [0.15, 0.2) is 36.0 Å². The minimum Gasteiger partial charge on any atom is -0.481 e. The SMILES string of the molecule is CCC(=O)O[C@]1(C(=O)COCNC(=O)CNC(=O)[C@H](C)NC(=O)[C@H](CCC(=O)O)NC(=O)[C@H](CCC(=O)NCCOCCOCCOCCOCCOCCOCCOCCOCCOCCOCCOCCOC)NC(=O)CCN2C(=O)C=CC2=O)[C@@H](C)C[C@H]2[C@@H]3CCC4=CC(=O)C=C[C@]4(C)[C@@]3(Cl)[C@@H](O)C[C@@]21C. The Hall–Kier alpha value is -6.81. The Morgan fingerprint density at radius 3 is 1.58 bits per heavy atom. The van der Waals surface area contributed by atoms with E-state index in [4.69, 9.17) is 77.9 Å². The molecule has 0 spiro atoms. The average Bonchev–Trinajstić information content (AvgIpc) is 1.56. The summed E-state index contributed by atoms with van der Waals surface area (Å²) in [5.41, 5.74) is -2.93. The summed E-state index contributed by atoms with van der Waals surface area (Å²) in [5.74, 6) is -10.4. The van der Waals surface area contributed by atoms with Crippen molar-refractivity contribution in [3.8, 4) is 0 Å². The van der Waals surface area contributed by atoms with Gasteiger partial charge in [-0.1, -0.05) is 39.3 Å². The van der Waals surface area contributed by atoms with Crippen LogP contribution in [0.25, 0.3) is 0 Å². The van der Waals surface area contributed by atoms with Gasteiger partial charge in [0.15, 0.2) is 11.4 Å². The van der Waals surface area contributed by atoms with Crippen LogP contribution in [0.1, 0.15) is 98.8 Å². The smallest absolute Gasteiger partial charge is 0.306 e. The number of hydrogen-bond donors (Lipinski definition) is 8. The van der Waals surface area contributed by atoms with Gasteiger partial charge in [-0.2, -0.15) is 0 Å². The molecule has 0 aromatic heterocycles. The Morgan fingerprint density at radius 1 is 0.587 bits per heavy atom. The number of hydrogen-bond acceptors (Lipinski definition) is 27. The van der Waals surface area contributed by atoms with Gasteiger partial charge in [0.2, 0.25) is 41.2 Å². The lowest BCUT2D eigenvalue weighted by molar-refractivity contribution is -0.203. The zero-order valence-corrected chi connectivity index (χ0v) is 64.4. The number of methoxy groups -OCH3 is 1. The number of rotatable bonds is 60. The van der Waals surface area contributed by atoms with Gasteiger partial charge in [-0.3, -0.25) is 62.4 Å². The summed E-state index contributed by atoms with van der Waals surface area (Å²) in [6.07, 6.45) is 4.72. The molecule has 109 heavy (non-hydrogen) atoms. The zero-order chi connectivity index (χ0) is 79.7. The maximum absolute atomic E-state index is 14.6. The van der Waals surface area contributed by atoms with Crippen molar-refractivity contribution in [2.75, 3.05) is 192 Å². The van der Waals surface area contributed by atoms with E-state index >= 15 is 0 Å². The molecule has 5 aliphatic rings. The number of carbonyl (C=O) groups is 12. The zero-order valence-electron chi connectivity index (χ0n) is 63.6. The Bertz CT molecular complexity index is 3040. The highest BCUT2D eigenvalue weighted by atomic mass is 35.5. The average molecular weight is 1570 g/mol. The minimum absolute atomic E-state index is 0.0179. The molecule has 8 amide bonds. The normalized spacial score (nSPS) is 23.4. The summed E-state index contributed by atoms with van der Waals surface area (Å²) in [6, 6.07) is -4.57. The first-order valence-electron chi connectivity index (χ1n) is 37.2. The number of aliphatic hydroxyl groups excluding tert-OH is 1. The lowest BCUT2D eigenvalue weighted by Gasteiger charge is -2.64. The predicted molar refractivity (Wildman–Crippen MR) is 386 cm³/mol. The second-order valence-electron chi connectivity index (χ2n) is 27.1. The molecule has 3 fully saturated rings. The number of nitrogens with zero attached hydrogens (tertiary/aromatic N) is 1. The van der Waals surface area contributed by atoms with Crippen LogP contribution < -0.4 is 31.9 Å². The largest absolute Gasteiger partial charge is 0.481 e. The first kappa shape index (κ1) is 92.8. The molecule has 3 saturated carbocycles. The van der Waals surface area contributed by atoms with Crippen molar-refractivity contribution in [3.05, 3.63) is 36.0 Å². The van der Waals surface area contributed by atoms with Crippen LogP contribution in [0, 0.1) is 28.6 Å². The number of ether oxygens (including phenoxy) is 14. The van der Waals surface area contributed by atoms with Crippen LogP contribution in [-0.2, 0) is 124 Å². The molecule has 36 heteroatoms. The molecule has 11 atom stereocenters. The first-order chi connectivity index (χ1) is 52.3. The number of allylic oxidation sites excluding steroid dienone is 4. The summed E-state index contributed by atoms with van der Waals surface area (Å²) >= 11 is 7.63. The summed E-state index contributed by atoms with van der Waals surface area (Å²) < 4.78 is 77.1. The van der Waals surface area contributed by atoms with Crippen molar-refractivity contribution in [1.82, 2.24) is 36.8 Å². The van der Waals surface area contributed by atoms with Gasteiger partial charge >= 0.3 is 11.9 Å². The van der Waals surface area contributed by atoms with Crippen LogP contribution in [0.4, 0.5) is 0 Å². The van der Waals surface area contributed by atoms with Crippen molar-refractivity contribution >= 4 is 82.4 Å². The second kappa shape index (κ2) is 49.5. The maximum atomic E-state index is 14.6. The van der Waals surface area contributed by atoms with Crippen molar-refractivity contribution in [2.45, 2.75) is 134 Å². The highest BCUT2D eigenvalue weighted by Gasteiger charge is 2.76. The molecule has 0 unspecified atom stereocenters. The number of imide groups is 1. The van der Waals surface area contributed by atoms with E-state index in [0.717, 1.165) is 22.6 Å². The molecule has 0 radical (unpaired) electrons. The van der Waals surface area contributed by atoms with Gasteiger partial charge in [-0.15, -0.1) is 11.6 Å². The fourth-order valence-electron chi connectivity index (χ4n) is 14.1. The van der Waals surface area contributed by atoms with Crippen LogP contribution in [0.2, 0.25) is 0 Å². The van der Waals surface area contributed by atoms with Gasteiger partial charge in [-0.05, 0) is 69.4 Å². The third-order valence-corrected chi connectivity index (χ3v) is 20.6. The summed E-state index contributed by atoms with van der Waals surface area (Å²) in [6.45, 7) is 15.5. The molecule has 616 valence electrons. The fraction of sp³-hybridized carbons (Fsp3) is 0.753. The highest BCUT2D eigenvalue weighted by molar-refractivity contribution is 6.26. The molecule has 0 saturated heterocycles. The second-order valence-corrected chi connectivity index (χ2v) is 27.7. The molecule has 4 aliphatic carbocycles. The van der Waals surface area contributed by atoms with E-state index in [1.807, 2.05) is 20.8 Å². The molecular weight excluding hydrogens is 1460 g/mol. The summed E-state index contributed by atoms with van der Waals surface area (Å²) in [5, 5.41) is 36.4. The standard InChI is InChI=1S/C73H114ClN7O28/c1-7-66(92)109-73(50(2)44-55-54-9-8-52-45-53(82)16-18-70(52,4)72(54,74)58(83)46-71(55,73)5)59(84)48-108-49-77-62(87)47-76-67(93)51(3)78-68(94)57(11-15-65(90)91)80-69(95)56(79-61(86)17-20-81-63(88)13-14-64(81)89)10-12-60(85)75-19-21-97-24-25-99-28-29-101-32-33-103-36-37-105-40-41-107-43-42-106-39-38-104-35-34-102-31-30-100-27-26-98-23-22-96-6/h13-14,16,18,45,50-51,54-58,83H,7-12,15,17,19-44,46-49H2,1-6H3,(H,75,85)(H,76,93)(H,77,87)(H,78,94)(H,79,86)(H,80,95)(H,90,91)/t50-,51-,54-,55-,56-,57-,58-,70-,71-,72-,73-/m0/s1. The molecule has 1 aliphatic heterocycles. The van der Waals surface area contributed by atoms with Crippen molar-refractivity contribution in [3.63, 3.8) is 0 Å². The number of halogens is 1. The monoisotopic (exact) mass is 1570 g/mol. The lowest BCUT2D eigenvalue weighted by Crippen LogP contribution is -2.69. The van der Waals surface area contributed by atoms with Gasteiger partial charge in [0.25, 0.3) is 11.8 Å². The summed E-state index contributed by atoms with van der Waals surface area (Å²) in [4.78, 5) is 156. The molecular formula is C73H114ClN7O28. The Morgan fingerprint density at radius 2 is 1.07 bits per heavy atom. The van der Waals surface area contributed by atoms with Crippen molar-refractivity contribution in [2.24, 2.45) is 28.6 Å². The Labute approximate surface area is 640 Å². The minimum atomic E-state index is -1.76. The molecule has 0 bridgehead atoms. The predicted octanol–water partition coefficient (Wildman–Crippen LogP) is -0.280. The Kier molecular flexibility index (Phi) is 42.2. The number of aliphatic hydroxyl groups is 1. The molecule has 0 aromatic rings. The van der Waals surface area contributed by atoms with Crippen LogP contribution in [0.5, 0.6) is 0 Å². The van der Waals surface area contributed by atoms with Crippen molar-refractivity contribution in [1.29, 1.82) is 0 Å². The maximum Gasteiger partial charge on any atom is 0.306 e. The topological polar surface area (TPSA) is 450 Å². The van der Waals surface area contributed by atoms with Crippen LogP contribution in [-0.4, -0.2) is 313 Å². The third-order valence-electron chi connectivity index (χ3n) is 19.7. The number of Topliss-reactive ketones (excluding diaryl/α,β-unsaturated/α-hetero) is 1. The highest BCUT2D eigenvalue weighted by Crippen LogP contribution is 2.72. The number of fused-ring (bicyclic) bond motifs is 5. The number of aliphatic carboxylic acids is 1. The molecule has 35 nitrogen and oxygen atoms in total. The number of carboxylic acids is 1. The molecule has 0 aromatic carbocycles. The van der Waals surface area contributed by atoms with E-state index in [1.165, 1.54) is 13.0 Å². The Balaban J connectivity index is 0.949. The van der Waals surface area contributed by atoms with Crippen molar-refractivity contribution < 1.29 is 134 Å². The summed E-state index contributed by atoms with van der Waals surface area (Å²) in [7, 11) is 1.62. The third kappa shape index (κ3) is 29.3. The van der Waals surface area contributed by atoms with E-state index in [0.29, 0.717) is 151 Å². The van der Waals surface area contributed by atoms with Gasteiger partial charge < -0.3 is 108 Å². The fourth-order valence-corrected chi connectivity index (χ4v) is 14.6. The van der Waals surface area contributed by atoms with Crippen LogP contribution in [0.3, 0.4) is 0 Å². The van der Waals surface area contributed by atoms with Crippen LogP contribution >= 0.6 is 11.6 Å². The number of alkyl halides is 1. The van der Waals surface area contributed by atoms with Gasteiger partial charge in [0.1, 0.15) is 31.5 Å². The molecule has 8 N–H and O–H groups in total. The lowest BCUT2D eigenvalue weighted by atomic mass is 9.45. The van der Waals surface area contributed by atoms with Gasteiger partial charge in [-0.25, -0.2) is 0 Å². The number of carbonyl (C=O) groups excluding carboxylic acids is 11. The van der Waals surface area contributed by atoms with E-state index < -0.39 is 156 Å².